The predicted molar refractivity (Wildman–Crippen MR) is 60.8 cm³/mol. The van der Waals surface area contributed by atoms with E-state index in [0.717, 1.165) is 32.1 Å². The monoisotopic (exact) mass is 216 g/mol. The minimum atomic E-state index is -0.718. The van der Waals surface area contributed by atoms with Gasteiger partial charge in [-0.3, -0.25) is 4.79 Å². The Labute approximate surface area is 92.5 Å². The highest BCUT2D eigenvalue weighted by atomic mass is 16.4. The smallest absolute Gasteiger partial charge is 0.303 e. The highest BCUT2D eigenvalue weighted by molar-refractivity contribution is 5.66. The molecule has 3 nitrogen and oxygen atoms in total. The maximum Gasteiger partial charge on any atom is 0.303 e. The Morgan fingerprint density at radius 2 is 1.67 bits per heavy atom. The summed E-state index contributed by atoms with van der Waals surface area (Å²) in [5, 5.41) is 18.2. The molecule has 0 radical (unpaired) electrons. The number of hydrogen-bond acceptors (Lipinski definition) is 2. The third-order valence-corrected chi connectivity index (χ3v) is 2.62. The van der Waals surface area contributed by atoms with Crippen molar-refractivity contribution in [2.45, 2.75) is 65.4 Å². The van der Waals surface area contributed by atoms with Gasteiger partial charge in [0.15, 0.2) is 0 Å². The van der Waals surface area contributed by atoms with Crippen molar-refractivity contribution in [3.63, 3.8) is 0 Å². The summed E-state index contributed by atoms with van der Waals surface area (Å²) in [6.45, 7) is 6.09. The van der Waals surface area contributed by atoms with Crippen LogP contribution in [0.3, 0.4) is 0 Å². The lowest BCUT2D eigenvalue weighted by Crippen LogP contribution is -2.25. The molecule has 0 aromatic heterocycles. The number of carbonyl (C=O) groups is 1. The molecular formula is C12H24O3. The van der Waals surface area contributed by atoms with Crippen molar-refractivity contribution in [2.75, 3.05) is 0 Å². The van der Waals surface area contributed by atoms with E-state index in [9.17, 15) is 9.90 Å². The summed E-state index contributed by atoms with van der Waals surface area (Å²) in [6, 6.07) is 0. The number of carboxylic acid groups (broad SMARTS) is 1. The zero-order valence-electron chi connectivity index (χ0n) is 10.1. The summed E-state index contributed by atoms with van der Waals surface area (Å²) in [5.41, 5.74) is -0.0406. The van der Waals surface area contributed by atoms with E-state index in [-0.39, 0.29) is 17.9 Å². The van der Waals surface area contributed by atoms with Crippen molar-refractivity contribution in [3.05, 3.63) is 0 Å². The van der Waals surface area contributed by atoms with Crippen LogP contribution in [0.1, 0.15) is 59.3 Å². The van der Waals surface area contributed by atoms with Crippen LogP contribution in [0.4, 0.5) is 0 Å². The molecule has 15 heavy (non-hydrogen) atoms. The summed E-state index contributed by atoms with van der Waals surface area (Å²) in [4.78, 5) is 10.2. The van der Waals surface area contributed by atoms with Gasteiger partial charge in [-0.1, -0.05) is 40.0 Å². The molecule has 2 N–H and O–H groups in total. The molecule has 0 heterocycles. The molecule has 0 amide bonds. The van der Waals surface area contributed by atoms with Crippen molar-refractivity contribution in [2.24, 2.45) is 5.41 Å². The van der Waals surface area contributed by atoms with Crippen LogP contribution in [0, 0.1) is 5.41 Å². The summed E-state index contributed by atoms with van der Waals surface area (Å²) in [5.74, 6) is -0.718. The molecule has 0 fully saturated rings. The van der Waals surface area contributed by atoms with E-state index >= 15 is 0 Å². The third-order valence-electron chi connectivity index (χ3n) is 2.62. The topological polar surface area (TPSA) is 57.5 Å². The van der Waals surface area contributed by atoms with E-state index in [4.69, 9.17) is 5.11 Å². The van der Waals surface area contributed by atoms with Crippen molar-refractivity contribution >= 4 is 5.97 Å². The molecule has 1 atom stereocenters. The van der Waals surface area contributed by atoms with Gasteiger partial charge < -0.3 is 10.2 Å². The van der Waals surface area contributed by atoms with Crippen LogP contribution in [-0.2, 0) is 4.79 Å². The van der Waals surface area contributed by atoms with E-state index in [1.54, 1.807) is 0 Å². The highest BCUT2D eigenvalue weighted by Gasteiger charge is 2.20. The molecule has 1 unspecified atom stereocenters. The second-order valence-electron chi connectivity index (χ2n) is 5.23. The van der Waals surface area contributed by atoms with Gasteiger partial charge >= 0.3 is 5.97 Å². The minimum Gasteiger partial charge on any atom is -0.481 e. The molecule has 0 saturated carbocycles. The molecule has 0 aliphatic carbocycles. The van der Waals surface area contributed by atoms with Crippen LogP contribution in [0.15, 0.2) is 0 Å². The first kappa shape index (κ1) is 14.4. The van der Waals surface area contributed by atoms with Crippen LogP contribution in [0.2, 0.25) is 0 Å². The number of aliphatic hydroxyl groups excluding tert-OH is 1. The van der Waals surface area contributed by atoms with Crippen LogP contribution < -0.4 is 0 Å². The normalized spacial score (nSPS) is 13.9. The largest absolute Gasteiger partial charge is 0.481 e. The van der Waals surface area contributed by atoms with Crippen molar-refractivity contribution < 1.29 is 15.0 Å². The molecule has 0 aliphatic heterocycles. The van der Waals surface area contributed by atoms with Gasteiger partial charge in [0.25, 0.3) is 0 Å². The maximum atomic E-state index is 10.2. The zero-order valence-corrected chi connectivity index (χ0v) is 10.1. The SMILES string of the molecule is CC(C)(C)C(O)CCCCCCC(=O)O. The lowest BCUT2D eigenvalue weighted by atomic mass is 9.86. The van der Waals surface area contributed by atoms with Gasteiger partial charge in [-0.15, -0.1) is 0 Å². The second-order valence-corrected chi connectivity index (χ2v) is 5.23. The Hall–Kier alpha value is -0.570. The van der Waals surface area contributed by atoms with E-state index in [0.29, 0.717) is 0 Å². The van der Waals surface area contributed by atoms with Crippen molar-refractivity contribution in [1.82, 2.24) is 0 Å². The second kappa shape index (κ2) is 6.83. The van der Waals surface area contributed by atoms with Gasteiger partial charge in [-0.2, -0.15) is 0 Å². The first-order chi connectivity index (χ1) is 6.84. The molecule has 0 aliphatic rings. The fraction of sp³-hybridized carbons (Fsp3) is 0.917. The average molecular weight is 216 g/mol. The molecule has 0 aromatic rings. The summed E-state index contributed by atoms with van der Waals surface area (Å²) < 4.78 is 0. The molecule has 0 bridgehead atoms. The first-order valence-corrected chi connectivity index (χ1v) is 5.74. The van der Waals surface area contributed by atoms with Gasteiger partial charge in [-0.05, 0) is 18.3 Å². The molecular weight excluding hydrogens is 192 g/mol. The molecule has 0 rings (SSSR count). The Balaban J connectivity index is 3.35. The number of carboxylic acids is 1. The molecule has 0 spiro atoms. The summed E-state index contributed by atoms with van der Waals surface area (Å²) >= 11 is 0. The highest BCUT2D eigenvalue weighted by Crippen LogP contribution is 2.23. The molecule has 0 saturated heterocycles. The first-order valence-electron chi connectivity index (χ1n) is 5.74. The van der Waals surface area contributed by atoms with Crippen LogP contribution >= 0.6 is 0 Å². The number of aliphatic carboxylic acids is 1. The fourth-order valence-corrected chi connectivity index (χ4v) is 1.40. The number of rotatable bonds is 7. The Bertz CT molecular complexity index is 182. The van der Waals surface area contributed by atoms with Gasteiger partial charge in [-0.25, -0.2) is 0 Å². The Morgan fingerprint density at radius 3 is 2.13 bits per heavy atom. The van der Waals surface area contributed by atoms with Gasteiger partial charge in [0, 0.05) is 6.42 Å². The molecule has 0 aromatic carbocycles. The zero-order chi connectivity index (χ0) is 11.9. The Kier molecular flexibility index (Phi) is 6.57. The number of unbranched alkanes of at least 4 members (excludes halogenated alkanes) is 3. The lowest BCUT2D eigenvalue weighted by Gasteiger charge is -2.25. The van der Waals surface area contributed by atoms with Gasteiger partial charge in [0.1, 0.15) is 0 Å². The molecule has 3 heteroatoms. The average Bonchev–Trinajstić information content (AvgIpc) is 2.08. The van der Waals surface area contributed by atoms with Gasteiger partial charge in [0.2, 0.25) is 0 Å². The summed E-state index contributed by atoms with van der Waals surface area (Å²) in [6.07, 6.45) is 4.53. The third kappa shape index (κ3) is 8.43. The van der Waals surface area contributed by atoms with E-state index < -0.39 is 5.97 Å². The predicted octanol–water partition coefficient (Wildman–Crippen LogP) is 2.82. The summed E-state index contributed by atoms with van der Waals surface area (Å²) in [7, 11) is 0. The van der Waals surface area contributed by atoms with Gasteiger partial charge in [0.05, 0.1) is 6.10 Å². The fourth-order valence-electron chi connectivity index (χ4n) is 1.40. The number of hydrogen-bond donors (Lipinski definition) is 2. The minimum absolute atomic E-state index is 0.0406. The van der Waals surface area contributed by atoms with E-state index in [2.05, 4.69) is 0 Å². The quantitative estimate of drug-likeness (QED) is 0.643. The lowest BCUT2D eigenvalue weighted by molar-refractivity contribution is -0.137. The Morgan fingerprint density at radius 1 is 1.13 bits per heavy atom. The van der Waals surface area contributed by atoms with E-state index in [1.165, 1.54) is 0 Å². The van der Waals surface area contributed by atoms with Crippen LogP contribution in [-0.4, -0.2) is 22.3 Å². The van der Waals surface area contributed by atoms with E-state index in [1.807, 2.05) is 20.8 Å². The van der Waals surface area contributed by atoms with Crippen molar-refractivity contribution in [3.8, 4) is 0 Å². The maximum absolute atomic E-state index is 10.2. The standard InChI is InChI=1S/C12H24O3/c1-12(2,3)10(13)8-6-4-5-7-9-11(14)15/h10,13H,4-9H2,1-3H3,(H,14,15). The van der Waals surface area contributed by atoms with Crippen LogP contribution in [0.5, 0.6) is 0 Å². The molecule has 90 valence electrons. The van der Waals surface area contributed by atoms with Crippen molar-refractivity contribution in [1.29, 1.82) is 0 Å². The van der Waals surface area contributed by atoms with Crippen LogP contribution in [0.25, 0.3) is 0 Å². The number of aliphatic hydroxyl groups is 1.